The standard InChI is InChI=1S/C24H28N6O2/c1-5-29(6-2)23(31)19-13-9-11-17(27-19)21-15-22(26-16-25-21)18-12-10-14-20(28-18)24(32)30(7-3)8-4/h9-16H,5-8H2,1-4H3. The molecule has 0 saturated carbocycles. The van der Waals surface area contributed by atoms with Crippen LogP contribution in [0.15, 0.2) is 48.8 Å². The lowest BCUT2D eigenvalue weighted by molar-refractivity contribution is 0.0759. The lowest BCUT2D eigenvalue weighted by atomic mass is 10.1. The minimum absolute atomic E-state index is 0.115. The van der Waals surface area contributed by atoms with E-state index in [-0.39, 0.29) is 11.8 Å². The second kappa shape index (κ2) is 10.6. The third-order valence-electron chi connectivity index (χ3n) is 5.23. The second-order valence-corrected chi connectivity index (χ2v) is 7.06. The van der Waals surface area contributed by atoms with Gasteiger partial charge in [-0.15, -0.1) is 0 Å². The van der Waals surface area contributed by atoms with Crippen molar-refractivity contribution in [1.29, 1.82) is 0 Å². The quantitative estimate of drug-likeness (QED) is 0.540. The molecular weight excluding hydrogens is 404 g/mol. The molecule has 0 N–H and O–H groups in total. The summed E-state index contributed by atoms with van der Waals surface area (Å²) < 4.78 is 0. The molecule has 32 heavy (non-hydrogen) atoms. The van der Waals surface area contributed by atoms with Crippen LogP contribution in [-0.4, -0.2) is 67.7 Å². The Kier molecular flexibility index (Phi) is 7.59. The zero-order valence-electron chi connectivity index (χ0n) is 18.9. The van der Waals surface area contributed by atoms with Gasteiger partial charge >= 0.3 is 0 Å². The Hall–Kier alpha value is -3.68. The lowest BCUT2D eigenvalue weighted by Crippen LogP contribution is -2.31. The van der Waals surface area contributed by atoms with E-state index < -0.39 is 0 Å². The monoisotopic (exact) mass is 432 g/mol. The first-order valence-corrected chi connectivity index (χ1v) is 10.9. The van der Waals surface area contributed by atoms with Crippen LogP contribution in [0.2, 0.25) is 0 Å². The smallest absolute Gasteiger partial charge is 0.272 e. The summed E-state index contributed by atoms with van der Waals surface area (Å²) in [6, 6.07) is 12.4. The zero-order valence-corrected chi connectivity index (χ0v) is 18.9. The van der Waals surface area contributed by atoms with Crippen LogP contribution in [0.4, 0.5) is 0 Å². The number of pyridine rings is 2. The van der Waals surface area contributed by atoms with Crippen molar-refractivity contribution < 1.29 is 9.59 Å². The fraction of sp³-hybridized carbons (Fsp3) is 0.333. The Morgan fingerprint density at radius 1 is 0.656 bits per heavy atom. The first kappa shape index (κ1) is 23.0. The van der Waals surface area contributed by atoms with E-state index in [0.717, 1.165) is 0 Å². The molecule has 0 spiro atoms. The number of nitrogens with zero attached hydrogens (tertiary/aromatic N) is 6. The highest BCUT2D eigenvalue weighted by molar-refractivity contribution is 5.93. The van der Waals surface area contributed by atoms with Gasteiger partial charge in [0.15, 0.2) is 0 Å². The summed E-state index contributed by atoms with van der Waals surface area (Å²) in [5, 5.41) is 0. The topological polar surface area (TPSA) is 92.2 Å². The average Bonchev–Trinajstić information content (AvgIpc) is 2.85. The van der Waals surface area contributed by atoms with Crippen molar-refractivity contribution in [3.05, 3.63) is 60.2 Å². The molecule has 2 amide bonds. The predicted octanol–water partition coefficient (Wildman–Crippen LogP) is 3.56. The van der Waals surface area contributed by atoms with E-state index in [1.165, 1.54) is 6.33 Å². The SMILES string of the molecule is CCN(CC)C(=O)c1cccc(-c2cc(-c3cccc(C(=O)N(CC)CC)n3)ncn2)n1. The predicted molar refractivity (Wildman–Crippen MR) is 123 cm³/mol. The van der Waals surface area contributed by atoms with E-state index in [0.29, 0.717) is 60.3 Å². The number of amides is 2. The fourth-order valence-electron chi connectivity index (χ4n) is 3.38. The van der Waals surface area contributed by atoms with Gasteiger partial charge in [-0.25, -0.2) is 19.9 Å². The second-order valence-electron chi connectivity index (χ2n) is 7.06. The maximum absolute atomic E-state index is 12.7. The molecule has 3 rings (SSSR count). The van der Waals surface area contributed by atoms with Crippen molar-refractivity contribution in [3.63, 3.8) is 0 Å². The average molecular weight is 433 g/mol. The summed E-state index contributed by atoms with van der Waals surface area (Å²) in [5.74, 6) is -0.231. The molecule has 0 bridgehead atoms. The lowest BCUT2D eigenvalue weighted by Gasteiger charge is -2.18. The highest BCUT2D eigenvalue weighted by Gasteiger charge is 2.17. The molecule has 8 nitrogen and oxygen atoms in total. The zero-order chi connectivity index (χ0) is 23.1. The van der Waals surface area contributed by atoms with Gasteiger partial charge in [-0.3, -0.25) is 9.59 Å². The summed E-state index contributed by atoms with van der Waals surface area (Å²) in [6.45, 7) is 10.2. The number of carbonyl (C=O) groups excluding carboxylic acids is 2. The summed E-state index contributed by atoms with van der Waals surface area (Å²) in [5.41, 5.74) is 3.04. The maximum atomic E-state index is 12.7. The first-order valence-electron chi connectivity index (χ1n) is 10.9. The molecule has 3 heterocycles. The number of aromatic nitrogens is 4. The molecule has 0 aromatic carbocycles. The fourth-order valence-corrected chi connectivity index (χ4v) is 3.38. The highest BCUT2D eigenvalue weighted by Crippen LogP contribution is 2.21. The summed E-state index contributed by atoms with van der Waals surface area (Å²) in [6.07, 6.45) is 1.44. The van der Waals surface area contributed by atoms with Crippen molar-refractivity contribution in [2.45, 2.75) is 27.7 Å². The van der Waals surface area contributed by atoms with Gasteiger partial charge in [0.25, 0.3) is 11.8 Å². The molecule has 166 valence electrons. The van der Waals surface area contributed by atoms with Crippen molar-refractivity contribution in [1.82, 2.24) is 29.7 Å². The third-order valence-corrected chi connectivity index (χ3v) is 5.23. The van der Waals surface area contributed by atoms with E-state index in [4.69, 9.17) is 0 Å². The maximum Gasteiger partial charge on any atom is 0.272 e. The minimum Gasteiger partial charge on any atom is -0.338 e. The van der Waals surface area contributed by atoms with Crippen LogP contribution in [0.1, 0.15) is 48.7 Å². The van der Waals surface area contributed by atoms with Crippen LogP contribution in [-0.2, 0) is 0 Å². The van der Waals surface area contributed by atoms with Gasteiger partial charge < -0.3 is 9.80 Å². The first-order chi connectivity index (χ1) is 15.5. The van der Waals surface area contributed by atoms with E-state index in [2.05, 4.69) is 19.9 Å². The van der Waals surface area contributed by atoms with E-state index >= 15 is 0 Å². The van der Waals surface area contributed by atoms with Gasteiger partial charge in [-0.2, -0.15) is 0 Å². The molecule has 0 radical (unpaired) electrons. The number of hydrogen-bond acceptors (Lipinski definition) is 6. The summed E-state index contributed by atoms with van der Waals surface area (Å²) in [7, 11) is 0. The van der Waals surface area contributed by atoms with Crippen molar-refractivity contribution in [3.8, 4) is 22.8 Å². The molecule has 3 aromatic rings. The van der Waals surface area contributed by atoms with Crippen molar-refractivity contribution >= 4 is 11.8 Å². The van der Waals surface area contributed by atoms with Gasteiger partial charge in [0, 0.05) is 26.2 Å². The number of hydrogen-bond donors (Lipinski definition) is 0. The van der Waals surface area contributed by atoms with Gasteiger partial charge in [0.05, 0.1) is 22.8 Å². The molecule has 0 unspecified atom stereocenters. The molecule has 0 aliphatic carbocycles. The van der Waals surface area contributed by atoms with Gasteiger partial charge in [-0.05, 0) is 58.0 Å². The van der Waals surface area contributed by atoms with Gasteiger partial charge in [0.2, 0.25) is 0 Å². The normalized spacial score (nSPS) is 10.6. The molecule has 0 aliphatic heterocycles. The third kappa shape index (κ3) is 4.96. The molecule has 0 saturated heterocycles. The molecule has 3 aromatic heterocycles. The Balaban J connectivity index is 1.93. The Bertz CT molecular complexity index is 1010. The van der Waals surface area contributed by atoms with Crippen LogP contribution in [0, 0.1) is 0 Å². The molecular formula is C24H28N6O2. The molecule has 0 aliphatic rings. The van der Waals surface area contributed by atoms with Crippen LogP contribution in [0.25, 0.3) is 22.8 Å². The Morgan fingerprint density at radius 2 is 1.06 bits per heavy atom. The largest absolute Gasteiger partial charge is 0.338 e. The van der Waals surface area contributed by atoms with E-state index in [9.17, 15) is 9.59 Å². The highest BCUT2D eigenvalue weighted by atomic mass is 16.2. The van der Waals surface area contributed by atoms with E-state index in [1.807, 2.05) is 27.7 Å². The molecule has 8 heteroatoms. The molecule has 0 fully saturated rings. The Morgan fingerprint density at radius 3 is 1.44 bits per heavy atom. The van der Waals surface area contributed by atoms with Gasteiger partial charge in [-0.1, -0.05) is 12.1 Å². The minimum atomic E-state index is -0.115. The van der Waals surface area contributed by atoms with Crippen LogP contribution < -0.4 is 0 Å². The summed E-state index contributed by atoms with van der Waals surface area (Å²) in [4.78, 5) is 46.5. The van der Waals surface area contributed by atoms with Crippen molar-refractivity contribution in [2.24, 2.45) is 0 Å². The van der Waals surface area contributed by atoms with Gasteiger partial charge in [0.1, 0.15) is 17.7 Å². The van der Waals surface area contributed by atoms with Crippen LogP contribution in [0.5, 0.6) is 0 Å². The number of rotatable bonds is 8. The van der Waals surface area contributed by atoms with E-state index in [1.54, 1.807) is 52.3 Å². The Labute approximate surface area is 188 Å². The van der Waals surface area contributed by atoms with Crippen molar-refractivity contribution in [2.75, 3.05) is 26.2 Å². The van der Waals surface area contributed by atoms with Crippen LogP contribution in [0.3, 0.4) is 0 Å². The summed E-state index contributed by atoms with van der Waals surface area (Å²) >= 11 is 0. The number of carbonyl (C=O) groups is 2. The molecule has 0 atom stereocenters. The van der Waals surface area contributed by atoms with Crippen LogP contribution >= 0.6 is 0 Å².